The molecule has 2 heterocycles. The van der Waals surface area contributed by atoms with Gasteiger partial charge in [0.05, 0.1) is 10.7 Å². The van der Waals surface area contributed by atoms with Crippen molar-refractivity contribution in [2.45, 2.75) is 19.9 Å². The number of thiophene rings is 1. The summed E-state index contributed by atoms with van der Waals surface area (Å²) in [6.45, 7) is 7.79. The number of nitrogen functional groups attached to an aromatic ring is 1. The zero-order chi connectivity index (χ0) is 14.0. The molecule has 0 bridgehead atoms. The fraction of sp³-hybridized carbons (Fsp3) is 0.615. The van der Waals surface area contributed by atoms with Gasteiger partial charge in [-0.05, 0) is 27.0 Å². The molecule has 1 unspecified atom stereocenters. The molecule has 1 aromatic rings. The largest absolute Gasteiger partial charge is 0.397 e. The van der Waals surface area contributed by atoms with Gasteiger partial charge in [0, 0.05) is 32.2 Å². The Balaban J connectivity index is 2.17. The Kier molecular flexibility index (Phi) is 4.31. The number of anilines is 2. The number of likely N-dealkylation sites (N-methyl/N-ethyl adjacent to an activating group) is 1. The van der Waals surface area contributed by atoms with Crippen LogP contribution in [0, 0.1) is 0 Å². The van der Waals surface area contributed by atoms with E-state index in [1.54, 1.807) is 0 Å². The van der Waals surface area contributed by atoms with Gasteiger partial charge in [0.25, 0.3) is 5.91 Å². The molecule has 1 atom stereocenters. The number of nitrogens with zero attached hydrogens (tertiary/aromatic N) is 2. The van der Waals surface area contributed by atoms with Crippen LogP contribution in [0.25, 0.3) is 0 Å². The van der Waals surface area contributed by atoms with Crippen LogP contribution in [0.2, 0.25) is 0 Å². The fourth-order valence-corrected chi connectivity index (χ4v) is 3.54. The number of piperazine rings is 1. The van der Waals surface area contributed by atoms with Gasteiger partial charge in [-0.25, -0.2) is 0 Å². The summed E-state index contributed by atoms with van der Waals surface area (Å²) in [4.78, 5) is 17.2. The number of nitrogens with one attached hydrogen (secondary N) is 1. The predicted octanol–water partition coefficient (Wildman–Crippen LogP) is 1.22. The molecule has 5 nitrogen and oxygen atoms in total. The van der Waals surface area contributed by atoms with Crippen molar-refractivity contribution in [3.8, 4) is 0 Å². The maximum absolute atomic E-state index is 11.9. The minimum absolute atomic E-state index is 0.0713. The Labute approximate surface area is 118 Å². The van der Waals surface area contributed by atoms with E-state index in [2.05, 4.69) is 29.1 Å². The van der Waals surface area contributed by atoms with Gasteiger partial charge in [0.15, 0.2) is 0 Å². The molecule has 1 saturated heterocycles. The predicted molar refractivity (Wildman–Crippen MR) is 81.0 cm³/mol. The van der Waals surface area contributed by atoms with Crippen LogP contribution in [-0.4, -0.2) is 50.1 Å². The molecule has 106 valence electrons. The van der Waals surface area contributed by atoms with E-state index in [1.165, 1.54) is 11.3 Å². The minimum Gasteiger partial charge on any atom is -0.397 e. The van der Waals surface area contributed by atoms with Crippen LogP contribution in [0.3, 0.4) is 0 Å². The number of hydrogen-bond acceptors (Lipinski definition) is 5. The van der Waals surface area contributed by atoms with Gasteiger partial charge in [0.1, 0.15) is 4.88 Å². The first kappa shape index (κ1) is 14.1. The molecule has 1 fully saturated rings. The maximum atomic E-state index is 11.9. The molecule has 2 rings (SSSR count). The summed E-state index contributed by atoms with van der Waals surface area (Å²) >= 11 is 1.49. The minimum atomic E-state index is -0.0713. The van der Waals surface area contributed by atoms with E-state index >= 15 is 0 Å². The van der Waals surface area contributed by atoms with Crippen molar-refractivity contribution in [1.29, 1.82) is 0 Å². The van der Waals surface area contributed by atoms with Gasteiger partial charge < -0.3 is 20.9 Å². The third kappa shape index (κ3) is 3.01. The van der Waals surface area contributed by atoms with Crippen LogP contribution >= 0.6 is 11.3 Å². The van der Waals surface area contributed by atoms with Crippen molar-refractivity contribution >= 4 is 27.9 Å². The standard InChI is InChI=1S/C13H22N4OS/c1-4-15-13(18)12-10(14)7-11(19-12)17-6-5-16(3)8-9(17)2/h7,9H,4-6,8,14H2,1-3H3,(H,15,18). The highest BCUT2D eigenvalue weighted by molar-refractivity contribution is 7.18. The summed E-state index contributed by atoms with van der Waals surface area (Å²) < 4.78 is 0. The van der Waals surface area contributed by atoms with Gasteiger partial charge in [-0.15, -0.1) is 11.3 Å². The first-order valence-corrected chi connectivity index (χ1v) is 7.47. The van der Waals surface area contributed by atoms with E-state index in [1.807, 2.05) is 13.0 Å². The van der Waals surface area contributed by atoms with Crippen molar-refractivity contribution < 1.29 is 4.79 Å². The number of carbonyl (C=O) groups excluding carboxylic acids is 1. The summed E-state index contributed by atoms with van der Waals surface area (Å²) in [6, 6.07) is 2.37. The second-order valence-electron chi connectivity index (χ2n) is 5.03. The highest BCUT2D eigenvalue weighted by Crippen LogP contribution is 2.34. The van der Waals surface area contributed by atoms with E-state index < -0.39 is 0 Å². The normalized spacial score (nSPS) is 20.6. The van der Waals surface area contributed by atoms with Crippen LogP contribution in [-0.2, 0) is 0 Å². The lowest BCUT2D eigenvalue weighted by Crippen LogP contribution is -2.50. The van der Waals surface area contributed by atoms with Gasteiger partial charge in [-0.3, -0.25) is 4.79 Å². The Morgan fingerprint density at radius 2 is 2.32 bits per heavy atom. The molecule has 0 radical (unpaired) electrons. The molecular formula is C13H22N4OS. The van der Waals surface area contributed by atoms with E-state index in [4.69, 9.17) is 5.73 Å². The molecule has 0 saturated carbocycles. The van der Waals surface area contributed by atoms with E-state index in [0.717, 1.165) is 24.6 Å². The molecule has 0 spiro atoms. The molecule has 19 heavy (non-hydrogen) atoms. The second kappa shape index (κ2) is 5.79. The van der Waals surface area contributed by atoms with Crippen LogP contribution in [0.5, 0.6) is 0 Å². The zero-order valence-corrected chi connectivity index (χ0v) is 12.6. The summed E-state index contributed by atoms with van der Waals surface area (Å²) in [5, 5.41) is 3.90. The highest BCUT2D eigenvalue weighted by atomic mass is 32.1. The fourth-order valence-electron chi connectivity index (χ4n) is 2.42. The number of hydrogen-bond donors (Lipinski definition) is 2. The van der Waals surface area contributed by atoms with Gasteiger partial charge >= 0.3 is 0 Å². The summed E-state index contributed by atoms with van der Waals surface area (Å²) in [7, 11) is 2.14. The SMILES string of the molecule is CCNC(=O)c1sc(N2CCN(C)CC2C)cc1N. The van der Waals surface area contributed by atoms with E-state index in [0.29, 0.717) is 23.2 Å². The quantitative estimate of drug-likeness (QED) is 0.875. The third-order valence-electron chi connectivity index (χ3n) is 3.41. The molecule has 0 aliphatic carbocycles. The average Bonchev–Trinajstić information content (AvgIpc) is 2.71. The van der Waals surface area contributed by atoms with Crippen molar-refractivity contribution in [2.75, 3.05) is 43.9 Å². The van der Waals surface area contributed by atoms with Crippen molar-refractivity contribution in [2.24, 2.45) is 0 Å². The topological polar surface area (TPSA) is 61.6 Å². The number of amides is 1. The first-order chi connectivity index (χ1) is 9.02. The van der Waals surface area contributed by atoms with Gasteiger partial charge in [-0.1, -0.05) is 0 Å². The third-order valence-corrected chi connectivity index (χ3v) is 4.59. The Hall–Kier alpha value is -1.27. The number of rotatable bonds is 3. The summed E-state index contributed by atoms with van der Waals surface area (Å²) in [5.41, 5.74) is 6.55. The first-order valence-electron chi connectivity index (χ1n) is 6.65. The Morgan fingerprint density at radius 1 is 1.58 bits per heavy atom. The van der Waals surface area contributed by atoms with Crippen LogP contribution in [0.1, 0.15) is 23.5 Å². The second-order valence-corrected chi connectivity index (χ2v) is 6.06. The van der Waals surface area contributed by atoms with Gasteiger partial charge in [0.2, 0.25) is 0 Å². The lowest BCUT2D eigenvalue weighted by molar-refractivity contribution is 0.0960. The van der Waals surface area contributed by atoms with E-state index in [9.17, 15) is 4.79 Å². The van der Waals surface area contributed by atoms with Crippen molar-refractivity contribution in [3.63, 3.8) is 0 Å². The van der Waals surface area contributed by atoms with E-state index in [-0.39, 0.29) is 5.91 Å². The van der Waals surface area contributed by atoms with Crippen molar-refractivity contribution in [1.82, 2.24) is 10.2 Å². The molecule has 1 amide bonds. The average molecular weight is 282 g/mol. The summed E-state index contributed by atoms with van der Waals surface area (Å²) in [6.07, 6.45) is 0. The lowest BCUT2D eigenvalue weighted by Gasteiger charge is -2.38. The van der Waals surface area contributed by atoms with Crippen molar-refractivity contribution in [3.05, 3.63) is 10.9 Å². The smallest absolute Gasteiger partial charge is 0.263 e. The van der Waals surface area contributed by atoms with Gasteiger partial charge in [-0.2, -0.15) is 0 Å². The van der Waals surface area contributed by atoms with Crippen LogP contribution in [0.15, 0.2) is 6.07 Å². The Bertz CT molecular complexity index is 459. The number of nitrogens with two attached hydrogens (primary N) is 1. The summed E-state index contributed by atoms with van der Waals surface area (Å²) in [5.74, 6) is -0.0713. The number of carbonyl (C=O) groups is 1. The molecule has 1 aliphatic heterocycles. The monoisotopic (exact) mass is 282 g/mol. The highest BCUT2D eigenvalue weighted by Gasteiger charge is 2.25. The zero-order valence-electron chi connectivity index (χ0n) is 11.8. The maximum Gasteiger partial charge on any atom is 0.263 e. The molecule has 1 aromatic heterocycles. The Morgan fingerprint density at radius 3 is 2.95 bits per heavy atom. The molecular weight excluding hydrogens is 260 g/mol. The molecule has 0 aromatic carbocycles. The molecule has 1 aliphatic rings. The molecule has 3 N–H and O–H groups in total. The molecule has 6 heteroatoms. The van der Waals surface area contributed by atoms with Crippen LogP contribution < -0.4 is 16.0 Å². The lowest BCUT2D eigenvalue weighted by atomic mass is 10.2. The van der Waals surface area contributed by atoms with Crippen LogP contribution in [0.4, 0.5) is 10.7 Å².